The summed E-state index contributed by atoms with van der Waals surface area (Å²) in [5.41, 5.74) is 5.50. The summed E-state index contributed by atoms with van der Waals surface area (Å²) in [5, 5.41) is 1.24. The first-order valence-corrected chi connectivity index (χ1v) is 13.8. The van der Waals surface area contributed by atoms with E-state index in [0.717, 1.165) is 28.8 Å². The van der Waals surface area contributed by atoms with Crippen molar-refractivity contribution in [3.8, 4) is 11.5 Å². The lowest BCUT2D eigenvalue weighted by atomic mass is 9.91. The number of ether oxygens (including phenoxy) is 2. The average molecular weight is 501 g/mol. The van der Waals surface area contributed by atoms with Gasteiger partial charge in [-0.2, -0.15) is 0 Å². The number of amides is 1. The third-order valence-corrected chi connectivity index (χ3v) is 7.52. The standard InChI is InChI=1S/C30H32N2O3S/c1-4-34-26-12-8-9-21(30(26)35-5-2)19-27(33)32-18-17-24-23-10-6-7-11-25(23)31-28(24)29(32)20-13-15-22(36-3)16-14-20/h6-16,29,31H,4-5,17-19H2,1-3H3/t29-/m0/s1. The summed E-state index contributed by atoms with van der Waals surface area (Å²) in [6.07, 6.45) is 3.15. The van der Waals surface area contributed by atoms with Gasteiger partial charge in [0.15, 0.2) is 11.5 Å². The van der Waals surface area contributed by atoms with Gasteiger partial charge in [0.05, 0.1) is 25.7 Å². The highest BCUT2D eigenvalue weighted by atomic mass is 32.2. The molecule has 36 heavy (non-hydrogen) atoms. The van der Waals surface area contributed by atoms with Crippen LogP contribution >= 0.6 is 11.8 Å². The van der Waals surface area contributed by atoms with Crippen molar-refractivity contribution in [1.29, 1.82) is 0 Å². The summed E-state index contributed by atoms with van der Waals surface area (Å²) >= 11 is 1.72. The fraction of sp³-hybridized carbons (Fsp3) is 0.300. The quantitative estimate of drug-likeness (QED) is 0.284. The summed E-state index contributed by atoms with van der Waals surface area (Å²) in [5.74, 6) is 1.43. The molecule has 1 N–H and O–H groups in total. The van der Waals surface area contributed by atoms with Gasteiger partial charge in [-0.15, -0.1) is 11.8 Å². The van der Waals surface area contributed by atoms with E-state index in [9.17, 15) is 4.79 Å². The zero-order valence-electron chi connectivity index (χ0n) is 21.0. The summed E-state index contributed by atoms with van der Waals surface area (Å²) in [4.78, 5) is 20.8. The molecule has 3 aromatic carbocycles. The highest BCUT2D eigenvalue weighted by Crippen LogP contribution is 2.40. The van der Waals surface area contributed by atoms with Crippen LogP contribution in [0.2, 0.25) is 0 Å². The van der Waals surface area contributed by atoms with Gasteiger partial charge in [-0.3, -0.25) is 4.79 Å². The minimum atomic E-state index is -0.171. The van der Waals surface area contributed by atoms with Crippen LogP contribution in [0.5, 0.6) is 11.5 Å². The summed E-state index contributed by atoms with van der Waals surface area (Å²) < 4.78 is 11.7. The monoisotopic (exact) mass is 500 g/mol. The Labute approximate surface area is 216 Å². The maximum atomic E-state index is 13.9. The first kappa shape index (κ1) is 24.3. The van der Waals surface area contributed by atoms with E-state index in [0.29, 0.717) is 31.3 Å². The van der Waals surface area contributed by atoms with Crippen molar-refractivity contribution >= 4 is 28.6 Å². The third kappa shape index (κ3) is 4.58. The number of carbonyl (C=O) groups excluding carboxylic acids is 1. The number of para-hydroxylation sites is 2. The van der Waals surface area contributed by atoms with E-state index in [4.69, 9.17) is 9.47 Å². The number of carbonyl (C=O) groups is 1. The molecule has 1 amide bonds. The molecule has 0 radical (unpaired) electrons. The Balaban J connectivity index is 1.54. The van der Waals surface area contributed by atoms with E-state index in [-0.39, 0.29) is 18.4 Å². The smallest absolute Gasteiger partial charge is 0.227 e. The van der Waals surface area contributed by atoms with E-state index in [2.05, 4.69) is 59.8 Å². The number of aromatic amines is 1. The number of H-pyrrole nitrogens is 1. The number of aromatic nitrogens is 1. The van der Waals surface area contributed by atoms with Gasteiger partial charge in [0, 0.05) is 33.6 Å². The molecule has 1 aliphatic rings. The second kappa shape index (κ2) is 10.7. The van der Waals surface area contributed by atoms with Crippen molar-refractivity contribution in [1.82, 2.24) is 9.88 Å². The highest BCUT2D eigenvalue weighted by molar-refractivity contribution is 7.98. The van der Waals surface area contributed by atoms with E-state index in [1.807, 2.05) is 36.9 Å². The molecular weight excluding hydrogens is 468 g/mol. The second-order valence-corrected chi connectivity index (χ2v) is 9.74. The molecule has 1 aliphatic heterocycles. The van der Waals surface area contributed by atoms with Crippen molar-refractivity contribution < 1.29 is 14.3 Å². The Morgan fingerprint density at radius 2 is 1.78 bits per heavy atom. The minimum absolute atomic E-state index is 0.0767. The Bertz CT molecular complexity index is 1360. The second-order valence-electron chi connectivity index (χ2n) is 8.86. The van der Waals surface area contributed by atoms with Gasteiger partial charge in [-0.1, -0.05) is 42.5 Å². The zero-order valence-corrected chi connectivity index (χ0v) is 21.9. The van der Waals surface area contributed by atoms with Crippen LogP contribution < -0.4 is 9.47 Å². The molecule has 0 bridgehead atoms. The molecule has 6 heteroatoms. The molecule has 1 aromatic heterocycles. The highest BCUT2D eigenvalue weighted by Gasteiger charge is 2.34. The fourth-order valence-corrected chi connectivity index (χ4v) is 5.59. The van der Waals surface area contributed by atoms with Gasteiger partial charge in [-0.25, -0.2) is 0 Å². The maximum Gasteiger partial charge on any atom is 0.227 e. The lowest BCUT2D eigenvalue weighted by molar-refractivity contribution is -0.132. The maximum absolute atomic E-state index is 13.9. The van der Waals surface area contributed by atoms with Crippen LogP contribution in [0, 0.1) is 0 Å². The van der Waals surface area contributed by atoms with Gasteiger partial charge in [0.2, 0.25) is 5.91 Å². The van der Waals surface area contributed by atoms with Gasteiger partial charge < -0.3 is 19.4 Å². The van der Waals surface area contributed by atoms with Crippen LogP contribution in [-0.2, 0) is 17.6 Å². The molecule has 0 spiro atoms. The van der Waals surface area contributed by atoms with Gasteiger partial charge in [0.1, 0.15) is 0 Å². The molecule has 1 atom stereocenters. The van der Waals surface area contributed by atoms with Crippen molar-refractivity contribution in [2.75, 3.05) is 26.0 Å². The van der Waals surface area contributed by atoms with Crippen molar-refractivity contribution in [3.63, 3.8) is 0 Å². The van der Waals surface area contributed by atoms with E-state index in [1.54, 1.807) is 11.8 Å². The Kier molecular flexibility index (Phi) is 7.23. The fourth-order valence-electron chi connectivity index (χ4n) is 5.18. The number of rotatable bonds is 8. The number of hydrogen-bond donors (Lipinski definition) is 1. The molecule has 0 saturated carbocycles. The number of nitrogens with one attached hydrogen (secondary N) is 1. The molecule has 0 fully saturated rings. The molecular formula is C30H32N2O3S. The molecule has 4 aromatic rings. The molecule has 186 valence electrons. The van der Waals surface area contributed by atoms with Gasteiger partial charge in [-0.05, 0) is 61.9 Å². The van der Waals surface area contributed by atoms with Crippen molar-refractivity contribution in [2.24, 2.45) is 0 Å². The normalized spacial score (nSPS) is 15.1. The number of benzene rings is 3. The van der Waals surface area contributed by atoms with Crippen LogP contribution in [0.25, 0.3) is 10.9 Å². The lowest BCUT2D eigenvalue weighted by Gasteiger charge is -2.36. The number of nitrogens with zero attached hydrogens (tertiary/aromatic N) is 1. The SMILES string of the molecule is CCOc1cccc(CC(=O)N2CCc3c([nH]c4ccccc34)[C@@H]2c2ccc(SC)cc2)c1OCC. The first-order valence-electron chi connectivity index (χ1n) is 12.5. The summed E-state index contributed by atoms with van der Waals surface area (Å²) in [7, 11) is 0. The van der Waals surface area contributed by atoms with E-state index < -0.39 is 0 Å². The lowest BCUT2D eigenvalue weighted by Crippen LogP contribution is -2.41. The zero-order chi connectivity index (χ0) is 25.1. The van der Waals surface area contributed by atoms with Crippen LogP contribution in [0.3, 0.4) is 0 Å². The molecule has 5 rings (SSSR count). The van der Waals surface area contributed by atoms with Crippen LogP contribution in [0.4, 0.5) is 0 Å². The van der Waals surface area contributed by atoms with Gasteiger partial charge >= 0.3 is 0 Å². The summed E-state index contributed by atoms with van der Waals surface area (Å²) in [6.45, 7) is 5.62. The summed E-state index contributed by atoms with van der Waals surface area (Å²) in [6, 6.07) is 22.6. The Morgan fingerprint density at radius 3 is 2.53 bits per heavy atom. The van der Waals surface area contributed by atoms with Crippen LogP contribution in [-0.4, -0.2) is 41.8 Å². The molecule has 0 unspecified atom stereocenters. The minimum Gasteiger partial charge on any atom is -0.490 e. The van der Waals surface area contributed by atoms with Crippen LogP contribution in [0.1, 0.15) is 42.3 Å². The van der Waals surface area contributed by atoms with E-state index in [1.165, 1.54) is 15.8 Å². The van der Waals surface area contributed by atoms with E-state index >= 15 is 0 Å². The van der Waals surface area contributed by atoms with Crippen LogP contribution in [0.15, 0.2) is 71.6 Å². The Hall–Kier alpha value is -3.38. The molecule has 0 saturated heterocycles. The average Bonchev–Trinajstić information content (AvgIpc) is 3.29. The Morgan fingerprint density at radius 1 is 1.00 bits per heavy atom. The molecule has 5 nitrogen and oxygen atoms in total. The van der Waals surface area contributed by atoms with Gasteiger partial charge in [0.25, 0.3) is 0 Å². The largest absolute Gasteiger partial charge is 0.490 e. The number of thioether (sulfide) groups is 1. The molecule has 0 aliphatic carbocycles. The van der Waals surface area contributed by atoms with Crippen molar-refractivity contribution in [2.45, 2.75) is 37.6 Å². The number of hydrogen-bond acceptors (Lipinski definition) is 4. The predicted molar refractivity (Wildman–Crippen MR) is 146 cm³/mol. The topological polar surface area (TPSA) is 54.6 Å². The van der Waals surface area contributed by atoms with Crippen molar-refractivity contribution in [3.05, 3.63) is 89.1 Å². The predicted octanol–water partition coefficient (Wildman–Crippen LogP) is 6.40. The number of fused-ring (bicyclic) bond motifs is 3. The third-order valence-electron chi connectivity index (χ3n) is 6.78. The molecule has 2 heterocycles. The first-order chi connectivity index (χ1) is 17.6.